The topological polar surface area (TPSA) is 83.5 Å². The van der Waals surface area contributed by atoms with Crippen molar-refractivity contribution >= 4 is 21.7 Å². The van der Waals surface area contributed by atoms with Crippen molar-refractivity contribution in [2.75, 3.05) is 4.72 Å². The third-order valence-corrected chi connectivity index (χ3v) is 4.33. The summed E-state index contributed by atoms with van der Waals surface area (Å²) in [7, 11) is -4.30. The monoisotopic (exact) mass is 345 g/mol. The SMILES string of the molecule is Cc1ccc(S(=O)(=O)Nc2cc(F)c(F)c(C(=O)O)c2F)cc1. The van der Waals surface area contributed by atoms with Gasteiger partial charge in [-0.15, -0.1) is 0 Å². The Kier molecular flexibility index (Phi) is 4.33. The number of sulfonamides is 1. The van der Waals surface area contributed by atoms with Crippen LogP contribution in [0.25, 0.3) is 0 Å². The molecule has 2 N–H and O–H groups in total. The number of hydrogen-bond donors (Lipinski definition) is 2. The number of aryl methyl sites for hydroxylation is 1. The molecule has 0 amide bonds. The molecule has 0 bridgehead atoms. The predicted molar refractivity (Wildman–Crippen MR) is 75.3 cm³/mol. The van der Waals surface area contributed by atoms with Gasteiger partial charge in [-0.05, 0) is 19.1 Å². The van der Waals surface area contributed by atoms with E-state index in [-0.39, 0.29) is 11.0 Å². The smallest absolute Gasteiger partial charge is 0.341 e. The highest BCUT2D eigenvalue weighted by atomic mass is 32.2. The minimum atomic E-state index is -4.30. The van der Waals surface area contributed by atoms with Crippen molar-refractivity contribution in [2.24, 2.45) is 0 Å². The molecule has 0 aromatic heterocycles. The first kappa shape index (κ1) is 16.8. The second-order valence-electron chi connectivity index (χ2n) is 4.63. The van der Waals surface area contributed by atoms with E-state index in [0.29, 0.717) is 0 Å². The lowest BCUT2D eigenvalue weighted by molar-refractivity contribution is 0.0685. The van der Waals surface area contributed by atoms with Crippen LogP contribution in [0.5, 0.6) is 0 Å². The molecule has 9 heteroatoms. The molecule has 0 aliphatic heterocycles. The van der Waals surface area contributed by atoms with Crippen molar-refractivity contribution in [1.29, 1.82) is 0 Å². The molecular weight excluding hydrogens is 335 g/mol. The van der Waals surface area contributed by atoms with Gasteiger partial charge in [0.05, 0.1) is 10.6 Å². The number of halogens is 3. The zero-order valence-electron chi connectivity index (χ0n) is 11.6. The zero-order valence-corrected chi connectivity index (χ0v) is 12.4. The third kappa shape index (κ3) is 3.29. The predicted octanol–water partition coefficient (Wildman–Crippen LogP) is 2.91. The number of benzene rings is 2. The number of anilines is 1. The maximum absolute atomic E-state index is 14.0. The van der Waals surface area contributed by atoms with Gasteiger partial charge < -0.3 is 5.11 Å². The molecular formula is C14H10F3NO4S. The standard InChI is InChI=1S/C14H10F3NO4S/c1-7-2-4-8(5-3-7)23(21,22)18-10-6-9(15)12(16)11(13(10)17)14(19)20/h2-6,18H,1H3,(H,19,20). The minimum absolute atomic E-state index is 0.239. The summed E-state index contributed by atoms with van der Waals surface area (Å²) in [5, 5.41) is 8.72. The van der Waals surface area contributed by atoms with E-state index in [1.54, 1.807) is 11.6 Å². The molecule has 0 unspecified atom stereocenters. The van der Waals surface area contributed by atoms with Crippen molar-refractivity contribution in [1.82, 2.24) is 0 Å². The van der Waals surface area contributed by atoms with Crippen LogP contribution >= 0.6 is 0 Å². The number of hydrogen-bond acceptors (Lipinski definition) is 3. The lowest BCUT2D eigenvalue weighted by Crippen LogP contribution is -2.17. The summed E-state index contributed by atoms with van der Waals surface area (Å²) in [5.74, 6) is -7.37. The van der Waals surface area contributed by atoms with E-state index in [9.17, 15) is 26.4 Å². The van der Waals surface area contributed by atoms with Gasteiger partial charge in [0.15, 0.2) is 17.5 Å². The minimum Gasteiger partial charge on any atom is -0.477 e. The van der Waals surface area contributed by atoms with Gasteiger partial charge in [-0.3, -0.25) is 4.72 Å². The number of carboxylic acid groups (broad SMARTS) is 1. The van der Waals surface area contributed by atoms with Gasteiger partial charge >= 0.3 is 5.97 Å². The van der Waals surface area contributed by atoms with Gasteiger partial charge in [-0.1, -0.05) is 17.7 Å². The molecule has 0 spiro atoms. The first-order valence-electron chi connectivity index (χ1n) is 6.13. The molecule has 0 fully saturated rings. The molecule has 5 nitrogen and oxygen atoms in total. The Labute approximate surface area is 129 Å². The Bertz CT molecular complexity index is 880. The highest BCUT2D eigenvalue weighted by Crippen LogP contribution is 2.26. The van der Waals surface area contributed by atoms with Gasteiger partial charge in [0, 0.05) is 6.07 Å². The van der Waals surface area contributed by atoms with Gasteiger partial charge in [-0.2, -0.15) is 0 Å². The highest BCUT2D eigenvalue weighted by molar-refractivity contribution is 7.92. The molecule has 122 valence electrons. The number of nitrogens with one attached hydrogen (secondary N) is 1. The summed E-state index contributed by atoms with van der Waals surface area (Å²) in [6.07, 6.45) is 0. The van der Waals surface area contributed by atoms with E-state index in [2.05, 4.69) is 0 Å². The molecule has 0 atom stereocenters. The second kappa shape index (κ2) is 5.92. The summed E-state index contributed by atoms with van der Waals surface area (Å²) in [6, 6.07) is 5.67. The molecule has 0 aliphatic carbocycles. The van der Waals surface area contributed by atoms with E-state index in [1.165, 1.54) is 24.3 Å². The first-order valence-corrected chi connectivity index (χ1v) is 7.62. The molecule has 0 aliphatic rings. The molecule has 2 aromatic carbocycles. The van der Waals surface area contributed by atoms with Crippen LogP contribution in [0.15, 0.2) is 35.2 Å². The Morgan fingerprint density at radius 1 is 1.09 bits per heavy atom. The number of carbonyl (C=O) groups is 1. The highest BCUT2D eigenvalue weighted by Gasteiger charge is 2.26. The van der Waals surface area contributed by atoms with E-state index in [0.717, 1.165) is 5.56 Å². The van der Waals surface area contributed by atoms with Crippen LogP contribution in [-0.4, -0.2) is 19.5 Å². The molecule has 0 heterocycles. The van der Waals surface area contributed by atoms with Crippen LogP contribution in [0.3, 0.4) is 0 Å². The molecule has 2 rings (SSSR count). The molecule has 0 radical (unpaired) electrons. The fraction of sp³-hybridized carbons (Fsp3) is 0.0714. The average molecular weight is 345 g/mol. The summed E-state index contributed by atoms with van der Waals surface area (Å²) in [6.45, 7) is 1.72. The Hall–Kier alpha value is -2.55. The summed E-state index contributed by atoms with van der Waals surface area (Å²) in [4.78, 5) is 10.6. The van der Waals surface area contributed by atoms with Crippen LogP contribution in [0.4, 0.5) is 18.9 Å². The fourth-order valence-corrected chi connectivity index (χ4v) is 2.84. The first-order chi connectivity index (χ1) is 10.6. The Balaban J connectivity index is 2.52. The summed E-state index contributed by atoms with van der Waals surface area (Å²) in [5.41, 5.74) is -1.80. The summed E-state index contributed by atoms with van der Waals surface area (Å²) >= 11 is 0. The normalized spacial score (nSPS) is 11.3. The van der Waals surface area contributed by atoms with Crippen LogP contribution < -0.4 is 4.72 Å². The van der Waals surface area contributed by atoms with E-state index < -0.39 is 44.7 Å². The molecule has 0 saturated heterocycles. The second-order valence-corrected chi connectivity index (χ2v) is 6.32. The number of rotatable bonds is 4. The average Bonchev–Trinajstić information content (AvgIpc) is 2.45. The maximum Gasteiger partial charge on any atom is 0.341 e. The largest absolute Gasteiger partial charge is 0.477 e. The van der Waals surface area contributed by atoms with Crippen molar-refractivity contribution in [3.05, 3.63) is 58.9 Å². The maximum atomic E-state index is 14.0. The molecule has 2 aromatic rings. The van der Waals surface area contributed by atoms with Gasteiger partial charge in [0.1, 0.15) is 5.56 Å². The van der Waals surface area contributed by atoms with Crippen LogP contribution in [0.2, 0.25) is 0 Å². The van der Waals surface area contributed by atoms with Gasteiger partial charge in [-0.25, -0.2) is 26.4 Å². The van der Waals surface area contributed by atoms with Crippen molar-refractivity contribution in [2.45, 2.75) is 11.8 Å². The van der Waals surface area contributed by atoms with Gasteiger partial charge in [0.25, 0.3) is 10.0 Å². The molecule has 23 heavy (non-hydrogen) atoms. The molecule has 0 saturated carbocycles. The Morgan fingerprint density at radius 2 is 1.65 bits per heavy atom. The number of carboxylic acids is 1. The van der Waals surface area contributed by atoms with E-state index >= 15 is 0 Å². The van der Waals surface area contributed by atoms with Crippen molar-refractivity contribution in [3.8, 4) is 0 Å². The summed E-state index contributed by atoms with van der Waals surface area (Å²) < 4.78 is 66.6. The lowest BCUT2D eigenvalue weighted by Gasteiger charge is -2.11. The quantitative estimate of drug-likeness (QED) is 0.835. The number of aromatic carboxylic acids is 1. The fourth-order valence-electron chi connectivity index (χ4n) is 1.79. The van der Waals surface area contributed by atoms with Crippen LogP contribution in [0, 0.1) is 24.4 Å². The zero-order chi connectivity index (χ0) is 17.4. The Morgan fingerprint density at radius 3 is 2.17 bits per heavy atom. The third-order valence-electron chi connectivity index (χ3n) is 2.95. The van der Waals surface area contributed by atoms with Crippen molar-refractivity contribution < 1.29 is 31.5 Å². The van der Waals surface area contributed by atoms with Crippen LogP contribution in [-0.2, 0) is 10.0 Å². The lowest BCUT2D eigenvalue weighted by atomic mass is 10.1. The van der Waals surface area contributed by atoms with Gasteiger partial charge in [0.2, 0.25) is 0 Å². The van der Waals surface area contributed by atoms with Crippen LogP contribution in [0.1, 0.15) is 15.9 Å². The van der Waals surface area contributed by atoms with Crippen molar-refractivity contribution in [3.63, 3.8) is 0 Å². The van der Waals surface area contributed by atoms with E-state index in [4.69, 9.17) is 5.11 Å². The van der Waals surface area contributed by atoms with E-state index in [1.807, 2.05) is 0 Å².